The number of thiazole rings is 1. The SMILES string of the molecule is CCOc1ccccc1-c1csc(NC(=O)COc2cccc(CC)c2)n1. The van der Waals surface area contributed by atoms with Crippen molar-refractivity contribution in [2.75, 3.05) is 18.5 Å². The van der Waals surface area contributed by atoms with Gasteiger partial charge >= 0.3 is 0 Å². The summed E-state index contributed by atoms with van der Waals surface area (Å²) in [6, 6.07) is 15.5. The highest BCUT2D eigenvalue weighted by atomic mass is 32.1. The van der Waals surface area contributed by atoms with Crippen molar-refractivity contribution in [3.05, 3.63) is 59.5 Å². The molecule has 1 heterocycles. The molecule has 0 atom stereocenters. The van der Waals surface area contributed by atoms with E-state index in [4.69, 9.17) is 9.47 Å². The molecule has 0 spiro atoms. The van der Waals surface area contributed by atoms with E-state index >= 15 is 0 Å². The van der Waals surface area contributed by atoms with Crippen LogP contribution >= 0.6 is 11.3 Å². The standard InChI is InChI=1S/C21H22N2O3S/c1-3-15-8-7-9-16(12-15)26-13-20(24)23-21-22-18(14-27-21)17-10-5-6-11-19(17)25-4-2/h5-12,14H,3-4,13H2,1-2H3,(H,22,23,24). The van der Waals surface area contributed by atoms with Crippen LogP contribution in [0.3, 0.4) is 0 Å². The van der Waals surface area contributed by atoms with Crippen molar-refractivity contribution in [1.82, 2.24) is 4.98 Å². The first-order valence-corrected chi connectivity index (χ1v) is 9.77. The minimum Gasteiger partial charge on any atom is -0.493 e. The van der Waals surface area contributed by atoms with E-state index in [1.54, 1.807) is 0 Å². The van der Waals surface area contributed by atoms with Gasteiger partial charge in [-0.1, -0.05) is 31.2 Å². The maximum Gasteiger partial charge on any atom is 0.264 e. The molecule has 0 fully saturated rings. The number of hydrogen-bond donors (Lipinski definition) is 1. The number of nitrogens with one attached hydrogen (secondary N) is 1. The van der Waals surface area contributed by atoms with Crippen LogP contribution in [0, 0.1) is 0 Å². The molecule has 1 amide bonds. The lowest BCUT2D eigenvalue weighted by molar-refractivity contribution is -0.118. The molecular weight excluding hydrogens is 360 g/mol. The Morgan fingerprint density at radius 3 is 2.78 bits per heavy atom. The Balaban J connectivity index is 1.61. The lowest BCUT2D eigenvalue weighted by atomic mass is 10.1. The first-order chi connectivity index (χ1) is 13.2. The molecule has 0 aliphatic rings. The van der Waals surface area contributed by atoms with E-state index in [-0.39, 0.29) is 12.5 Å². The molecule has 0 bridgehead atoms. The van der Waals surface area contributed by atoms with Gasteiger partial charge in [-0.3, -0.25) is 10.1 Å². The third-order valence-corrected chi connectivity index (χ3v) is 4.65. The number of carbonyl (C=O) groups is 1. The lowest BCUT2D eigenvalue weighted by Gasteiger charge is -2.08. The molecule has 3 rings (SSSR count). The second-order valence-electron chi connectivity index (χ2n) is 5.80. The number of rotatable bonds is 8. The van der Waals surface area contributed by atoms with Crippen LogP contribution in [0.2, 0.25) is 0 Å². The number of carbonyl (C=O) groups excluding carboxylic acids is 1. The molecule has 0 radical (unpaired) electrons. The highest BCUT2D eigenvalue weighted by Gasteiger charge is 2.12. The largest absolute Gasteiger partial charge is 0.493 e. The summed E-state index contributed by atoms with van der Waals surface area (Å²) in [6.45, 7) is 4.55. The first-order valence-electron chi connectivity index (χ1n) is 8.89. The number of aryl methyl sites for hydroxylation is 1. The van der Waals surface area contributed by atoms with Crippen LogP contribution in [0.15, 0.2) is 53.9 Å². The van der Waals surface area contributed by atoms with Crippen molar-refractivity contribution in [3.8, 4) is 22.8 Å². The Kier molecular flexibility index (Phi) is 6.44. The average Bonchev–Trinajstić information content (AvgIpc) is 3.15. The van der Waals surface area contributed by atoms with Crippen molar-refractivity contribution in [1.29, 1.82) is 0 Å². The minimum absolute atomic E-state index is 0.0579. The zero-order chi connectivity index (χ0) is 19.1. The van der Waals surface area contributed by atoms with E-state index in [1.807, 2.05) is 60.8 Å². The van der Waals surface area contributed by atoms with Crippen molar-refractivity contribution < 1.29 is 14.3 Å². The van der Waals surface area contributed by atoms with Gasteiger partial charge in [0.1, 0.15) is 11.5 Å². The van der Waals surface area contributed by atoms with Gasteiger partial charge in [0.15, 0.2) is 11.7 Å². The third kappa shape index (κ3) is 5.08. The van der Waals surface area contributed by atoms with Crippen molar-refractivity contribution >= 4 is 22.4 Å². The molecule has 2 aromatic carbocycles. The molecule has 0 aliphatic carbocycles. The fraction of sp³-hybridized carbons (Fsp3) is 0.238. The van der Waals surface area contributed by atoms with Gasteiger partial charge in [0, 0.05) is 10.9 Å². The zero-order valence-electron chi connectivity index (χ0n) is 15.4. The fourth-order valence-corrected chi connectivity index (χ4v) is 3.30. The van der Waals surface area contributed by atoms with E-state index in [1.165, 1.54) is 16.9 Å². The van der Waals surface area contributed by atoms with Crippen molar-refractivity contribution in [2.45, 2.75) is 20.3 Å². The summed E-state index contributed by atoms with van der Waals surface area (Å²) in [5, 5.41) is 5.22. The van der Waals surface area contributed by atoms with Crippen molar-refractivity contribution in [3.63, 3.8) is 0 Å². The minimum atomic E-state index is -0.240. The number of nitrogens with zero attached hydrogens (tertiary/aromatic N) is 1. The number of amides is 1. The Morgan fingerprint density at radius 1 is 1.11 bits per heavy atom. The van der Waals surface area contributed by atoms with Gasteiger partial charge in [-0.25, -0.2) is 4.98 Å². The molecule has 0 unspecified atom stereocenters. The van der Waals surface area contributed by atoms with Gasteiger partial charge in [0.05, 0.1) is 12.3 Å². The van der Waals surface area contributed by atoms with Crippen LogP contribution in [0.25, 0.3) is 11.3 Å². The Morgan fingerprint density at radius 2 is 1.96 bits per heavy atom. The van der Waals surface area contributed by atoms with Crippen LogP contribution in [-0.4, -0.2) is 24.1 Å². The summed E-state index contributed by atoms with van der Waals surface area (Å²) >= 11 is 1.37. The van der Waals surface area contributed by atoms with Gasteiger partial charge in [-0.05, 0) is 43.2 Å². The fourth-order valence-electron chi connectivity index (χ4n) is 2.57. The second-order valence-corrected chi connectivity index (χ2v) is 6.66. The van der Waals surface area contributed by atoms with Crippen LogP contribution < -0.4 is 14.8 Å². The van der Waals surface area contributed by atoms with Gasteiger partial charge in [0.25, 0.3) is 5.91 Å². The number of hydrogen-bond acceptors (Lipinski definition) is 5. The maximum absolute atomic E-state index is 12.2. The Bertz CT molecular complexity index is 908. The number of benzene rings is 2. The number of aromatic nitrogens is 1. The number of para-hydroxylation sites is 1. The van der Waals surface area contributed by atoms with Gasteiger partial charge in [-0.15, -0.1) is 11.3 Å². The molecule has 0 saturated heterocycles. The lowest BCUT2D eigenvalue weighted by Crippen LogP contribution is -2.20. The molecule has 1 aromatic heterocycles. The Hall–Kier alpha value is -2.86. The molecule has 0 aliphatic heterocycles. The van der Waals surface area contributed by atoms with Crippen LogP contribution in [-0.2, 0) is 11.2 Å². The predicted molar refractivity (Wildman–Crippen MR) is 109 cm³/mol. The second kappa shape index (κ2) is 9.19. The highest BCUT2D eigenvalue weighted by Crippen LogP contribution is 2.32. The molecule has 6 heteroatoms. The molecule has 5 nitrogen and oxygen atoms in total. The molecule has 27 heavy (non-hydrogen) atoms. The van der Waals surface area contributed by atoms with Crippen molar-refractivity contribution in [2.24, 2.45) is 0 Å². The summed E-state index contributed by atoms with van der Waals surface area (Å²) < 4.78 is 11.2. The highest BCUT2D eigenvalue weighted by molar-refractivity contribution is 7.14. The number of ether oxygens (including phenoxy) is 2. The molecule has 0 saturated carbocycles. The van der Waals surface area contributed by atoms with Gasteiger partial charge < -0.3 is 9.47 Å². The van der Waals surface area contributed by atoms with Gasteiger partial charge in [-0.2, -0.15) is 0 Å². The summed E-state index contributed by atoms with van der Waals surface area (Å²) in [4.78, 5) is 16.7. The van der Waals surface area contributed by atoms with Crippen LogP contribution in [0.4, 0.5) is 5.13 Å². The predicted octanol–water partition coefficient (Wildman–Crippen LogP) is 4.79. The van der Waals surface area contributed by atoms with E-state index in [0.717, 1.165) is 23.4 Å². The molecule has 1 N–H and O–H groups in total. The summed E-state index contributed by atoms with van der Waals surface area (Å²) in [6.07, 6.45) is 0.925. The molecular formula is C21H22N2O3S. The normalized spacial score (nSPS) is 10.4. The van der Waals surface area contributed by atoms with Crippen LogP contribution in [0.1, 0.15) is 19.4 Å². The Labute approximate surface area is 163 Å². The quantitative estimate of drug-likeness (QED) is 0.609. The van der Waals surface area contributed by atoms with E-state index < -0.39 is 0 Å². The summed E-state index contributed by atoms with van der Waals surface area (Å²) in [5.41, 5.74) is 2.85. The number of anilines is 1. The van der Waals surface area contributed by atoms with E-state index in [0.29, 0.717) is 17.5 Å². The summed E-state index contributed by atoms with van der Waals surface area (Å²) in [5.74, 6) is 1.23. The monoisotopic (exact) mass is 382 g/mol. The third-order valence-electron chi connectivity index (χ3n) is 3.89. The smallest absolute Gasteiger partial charge is 0.264 e. The maximum atomic E-state index is 12.2. The van der Waals surface area contributed by atoms with Gasteiger partial charge in [0.2, 0.25) is 0 Å². The average molecular weight is 382 g/mol. The topological polar surface area (TPSA) is 60.5 Å². The molecule has 3 aromatic rings. The summed E-state index contributed by atoms with van der Waals surface area (Å²) in [7, 11) is 0. The van der Waals surface area contributed by atoms with E-state index in [2.05, 4.69) is 17.2 Å². The van der Waals surface area contributed by atoms with Crippen LogP contribution in [0.5, 0.6) is 11.5 Å². The first kappa shape index (κ1) is 18.9. The zero-order valence-corrected chi connectivity index (χ0v) is 16.2. The molecule has 140 valence electrons. The van der Waals surface area contributed by atoms with E-state index in [9.17, 15) is 4.79 Å².